The fourth-order valence-electron chi connectivity index (χ4n) is 2.29. The van der Waals surface area contributed by atoms with E-state index in [1.807, 2.05) is 6.92 Å². The van der Waals surface area contributed by atoms with Gasteiger partial charge in [0.2, 0.25) is 0 Å². The predicted molar refractivity (Wildman–Crippen MR) is 92.6 cm³/mol. The molecule has 3 aromatic rings. The van der Waals surface area contributed by atoms with E-state index in [2.05, 4.69) is 5.32 Å². The molecule has 0 spiro atoms. The van der Waals surface area contributed by atoms with E-state index in [0.29, 0.717) is 29.0 Å². The zero-order valence-electron chi connectivity index (χ0n) is 13.5. The molecule has 0 atom stereocenters. The van der Waals surface area contributed by atoms with Gasteiger partial charge < -0.3 is 14.5 Å². The maximum absolute atomic E-state index is 12.9. The normalized spacial score (nSPS) is 10.6. The van der Waals surface area contributed by atoms with E-state index in [-0.39, 0.29) is 5.56 Å². The third kappa shape index (κ3) is 3.85. The highest BCUT2D eigenvalue weighted by Gasteiger charge is 2.14. The maximum Gasteiger partial charge on any atom is 0.349 e. The van der Waals surface area contributed by atoms with Crippen LogP contribution >= 0.6 is 0 Å². The van der Waals surface area contributed by atoms with Crippen molar-refractivity contribution in [3.05, 3.63) is 70.3 Å². The summed E-state index contributed by atoms with van der Waals surface area (Å²) >= 11 is 0. The summed E-state index contributed by atoms with van der Waals surface area (Å²) in [6.07, 6.45) is 0.866. The maximum atomic E-state index is 12.9. The van der Waals surface area contributed by atoms with Crippen LogP contribution < -0.4 is 15.7 Å². The number of hydrogen-bond acceptors (Lipinski definition) is 4. The van der Waals surface area contributed by atoms with E-state index in [1.54, 1.807) is 18.2 Å². The molecular formula is C19H16FNO4. The molecule has 0 radical (unpaired) electrons. The Morgan fingerprint density at radius 1 is 1.16 bits per heavy atom. The number of nitrogens with one attached hydrogen (secondary N) is 1. The Labute approximate surface area is 143 Å². The predicted octanol–water partition coefficient (Wildman–Crippen LogP) is 3.97. The van der Waals surface area contributed by atoms with Crippen molar-refractivity contribution in [2.75, 3.05) is 11.9 Å². The van der Waals surface area contributed by atoms with Crippen LogP contribution in [0.3, 0.4) is 0 Å². The quantitative estimate of drug-likeness (QED) is 0.713. The largest absolute Gasteiger partial charge is 0.493 e. The average molecular weight is 341 g/mol. The molecule has 0 saturated heterocycles. The van der Waals surface area contributed by atoms with E-state index in [4.69, 9.17) is 9.15 Å². The van der Waals surface area contributed by atoms with Crippen molar-refractivity contribution >= 4 is 22.6 Å². The van der Waals surface area contributed by atoms with Crippen LogP contribution in [0.15, 0.2) is 57.7 Å². The molecule has 6 heteroatoms. The van der Waals surface area contributed by atoms with Crippen molar-refractivity contribution in [1.82, 2.24) is 0 Å². The number of fused-ring (bicyclic) bond motifs is 1. The molecule has 128 valence electrons. The van der Waals surface area contributed by atoms with Gasteiger partial charge >= 0.3 is 5.63 Å². The van der Waals surface area contributed by atoms with Crippen LogP contribution in [-0.2, 0) is 0 Å². The second-order valence-corrected chi connectivity index (χ2v) is 5.46. The lowest BCUT2D eigenvalue weighted by atomic mass is 10.1. The van der Waals surface area contributed by atoms with E-state index >= 15 is 0 Å². The van der Waals surface area contributed by atoms with Gasteiger partial charge in [0.15, 0.2) is 0 Å². The molecule has 3 rings (SSSR count). The second-order valence-electron chi connectivity index (χ2n) is 5.46. The van der Waals surface area contributed by atoms with Gasteiger partial charge in [0.1, 0.15) is 22.7 Å². The molecule has 2 aromatic carbocycles. The first-order valence-corrected chi connectivity index (χ1v) is 7.84. The van der Waals surface area contributed by atoms with E-state index in [1.165, 1.54) is 30.3 Å². The third-order valence-electron chi connectivity index (χ3n) is 3.53. The highest BCUT2D eigenvalue weighted by Crippen LogP contribution is 2.21. The number of halogens is 1. The van der Waals surface area contributed by atoms with Crippen molar-refractivity contribution < 1.29 is 18.3 Å². The van der Waals surface area contributed by atoms with Gasteiger partial charge in [-0.15, -0.1) is 0 Å². The van der Waals surface area contributed by atoms with Gasteiger partial charge in [0.25, 0.3) is 5.91 Å². The summed E-state index contributed by atoms with van der Waals surface area (Å²) in [7, 11) is 0. The van der Waals surface area contributed by atoms with Crippen LogP contribution in [0, 0.1) is 5.82 Å². The number of rotatable bonds is 5. The van der Waals surface area contributed by atoms with E-state index < -0.39 is 17.3 Å². The molecule has 25 heavy (non-hydrogen) atoms. The highest BCUT2D eigenvalue weighted by atomic mass is 19.1. The first-order valence-electron chi connectivity index (χ1n) is 7.84. The average Bonchev–Trinajstić information content (AvgIpc) is 2.61. The molecule has 0 bridgehead atoms. The Hall–Kier alpha value is -3.15. The van der Waals surface area contributed by atoms with Gasteiger partial charge in [-0.3, -0.25) is 4.79 Å². The molecule has 0 aliphatic carbocycles. The standard InChI is InChI=1S/C19H16FNO4/c1-2-9-24-15-8-3-12-10-16(19(23)25-17(12)11-15)18(22)21-14-6-4-13(20)5-7-14/h3-8,10-11H,2,9H2,1H3,(H,21,22). The Balaban J connectivity index is 1.88. The minimum absolute atomic E-state index is 0.126. The summed E-state index contributed by atoms with van der Waals surface area (Å²) in [5, 5.41) is 3.14. The van der Waals surface area contributed by atoms with Crippen molar-refractivity contribution in [2.24, 2.45) is 0 Å². The fraction of sp³-hybridized carbons (Fsp3) is 0.158. The summed E-state index contributed by atoms with van der Waals surface area (Å²) in [6.45, 7) is 2.56. The molecular weight excluding hydrogens is 325 g/mol. The topological polar surface area (TPSA) is 68.5 Å². The summed E-state index contributed by atoms with van der Waals surface area (Å²) in [6, 6.07) is 11.8. The Kier molecular flexibility index (Phi) is 4.79. The second kappa shape index (κ2) is 7.17. The minimum Gasteiger partial charge on any atom is -0.493 e. The number of benzene rings is 2. The monoisotopic (exact) mass is 341 g/mol. The highest BCUT2D eigenvalue weighted by molar-refractivity contribution is 6.05. The molecule has 1 amide bonds. The minimum atomic E-state index is -0.750. The summed E-state index contributed by atoms with van der Waals surface area (Å²) < 4.78 is 23.6. The fourth-order valence-corrected chi connectivity index (χ4v) is 2.29. The van der Waals surface area contributed by atoms with Crippen LogP contribution in [0.25, 0.3) is 11.0 Å². The third-order valence-corrected chi connectivity index (χ3v) is 3.53. The van der Waals surface area contributed by atoms with Gasteiger partial charge in [-0.25, -0.2) is 9.18 Å². The van der Waals surface area contributed by atoms with Crippen LogP contribution in [0.1, 0.15) is 23.7 Å². The lowest BCUT2D eigenvalue weighted by Gasteiger charge is -2.07. The van der Waals surface area contributed by atoms with E-state index in [9.17, 15) is 14.0 Å². The van der Waals surface area contributed by atoms with Gasteiger partial charge in [-0.2, -0.15) is 0 Å². The van der Waals surface area contributed by atoms with Crippen LogP contribution in [0.2, 0.25) is 0 Å². The zero-order chi connectivity index (χ0) is 17.8. The van der Waals surface area contributed by atoms with Gasteiger partial charge in [-0.1, -0.05) is 6.92 Å². The molecule has 1 N–H and O–H groups in total. The van der Waals surface area contributed by atoms with Gasteiger partial charge in [-0.05, 0) is 48.9 Å². The molecule has 0 fully saturated rings. The molecule has 0 saturated carbocycles. The first kappa shape index (κ1) is 16.7. The Morgan fingerprint density at radius 3 is 2.64 bits per heavy atom. The Morgan fingerprint density at radius 2 is 1.92 bits per heavy atom. The molecule has 1 aromatic heterocycles. The molecule has 0 aliphatic heterocycles. The summed E-state index contributed by atoms with van der Waals surface area (Å²) in [5.74, 6) is -0.432. The van der Waals surface area contributed by atoms with Crippen LogP contribution in [-0.4, -0.2) is 12.5 Å². The smallest absolute Gasteiger partial charge is 0.349 e. The Bertz CT molecular complexity index is 963. The number of carbonyl (C=O) groups excluding carboxylic acids is 1. The van der Waals surface area contributed by atoms with Crippen molar-refractivity contribution in [2.45, 2.75) is 13.3 Å². The molecule has 5 nitrogen and oxygen atoms in total. The van der Waals surface area contributed by atoms with Crippen molar-refractivity contribution in [1.29, 1.82) is 0 Å². The van der Waals surface area contributed by atoms with Crippen molar-refractivity contribution in [3.63, 3.8) is 0 Å². The van der Waals surface area contributed by atoms with Crippen LogP contribution in [0.5, 0.6) is 5.75 Å². The van der Waals surface area contributed by atoms with E-state index in [0.717, 1.165) is 6.42 Å². The van der Waals surface area contributed by atoms with Gasteiger partial charge in [0.05, 0.1) is 6.61 Å². The first-order chi connectivity index (χ1) is 12.1. The number of hydrogen-bond donors (Lipinski definition) is 1. The number of carbonyl (C=O) groups is 1. The lowest BCUT2D eigenvalue weighted by molar-refractivity contribution is 0.102. The number of amides is 1. The lowest BCUT2D eigenvalue weighted by Crippen LogP contribution is -2.20. The van der Waals surface area contributed by atoms with Gasteiger partial charge in [0, 0.05) is 17.1 Å². The molecule has 1 heterocycles. The van der Waals surface area contributed by atoms with Crippen LogP contribution in [0.4, 0.5) is 10.1 Å². The molecule has 0 unspecified atom stereocenters. The number of ether oxygens (including phenoxy) is 1. The summed E-state index contributed by atoms with van der Waals surface area (Å²) in [5.41, 5.74) is -0.148. The molecule has 0 aliphatic rings. The zero-order valence-corrected chi connectivity index (χ0v) is 13.5. The summed E-state index contributed by atoms with van der Waals surface area (Å²) in [4.78, 5) is 24.4. The number of anilines is 1. The SMILES string of the molecule is CCCOc1ccc2cc(C(=O)Nc3ccc(F)cc3)c(=O)oc2c1. The van der Waals surface area contributed by atoms with Crippen molar-refractivity contribution in [3.8, 4) is 5.75 Å².